The average molecular weight is 315 g/mol. The van der Waals surface area contributed by atoms with Crippen molar-refractivity contribution in [3.63, 3.8) is 0 Å². The van der Waals surface area contributed by atoms with Crippen LogP contribution in [0, 0.1) is 0 Å². The zero-order valence-electron chi connectivity index (χ0n) is 11.9. The summed E-state index contributed by atoms with van der Waals surface area (Å²) in [5.74, 6) is 0. The van der Waals surface area contributed by atoms with Crippen LogP contribution in [-0.2, 0) is 4.74 Å². The third-order valence-electron chi connectivity index (χ3n) is 3.83. The van der Waals surface area contributed by atoms with E-state index in [2.05, 4.69) is 21.4 Å². The highest BCUT2D eigenvalue weighted by Gasteiger charge is 2.17. The summed E-state index contributed by atoms with van der Waals surface area (Å²) in [4.78, 5) is 8.76. The van der Waals surface area contributed by atoms with Crippen molar-refractivity contribution in [3.05, 3.63) is 53.6 Å². The monoisotopic (exact) mass is 314 g/mol. The second kappa shape index (κ2) is 5.68. The normalized spacial score (nSPS) is 18.7. The van der Waals surface area contributed by atoms with E-state index in [0.717, 1.165) is 35.6 Å². The fourth-order valence-corrected chi connectivity index (χ4v) is 2.93. The van der Waals surface area contributed by atoms with E-state index in [4.69, 9.17) is 16.3 Å². The van der Waals surface area contributed by atoms with Crippen LogP contribution >= 0.6 is 11.6 Å². The van der Waals surface area contributed by atoms with E-state index in [0.29, 0.717) is 11.8 Å². The van der Waals surface area contributed by atoms with Crippen molar-refractivity contribution in [2.45, 2.75) is 6.04 Å². The molecule has 1 unspecified atom stereocenters. The van der Waals surface area contributed by atoms with Crippen LogP contribution in [0.2, 0.25) is 5.15 Å². The minimum absolute atomic E-state index is 0.156. The summed E-state index contributed by atoms with van der Waals surface area (Å²) in [5, 5.41) is 3.93. The summed E-state index contributed by atoms with van der Waals surface area (Å²) < 4.78 is 7.49. The molecule has 1 fully saturated rings. The zero-order valence-corrected chi connectivity index (χ0v) is 12.6. The average Bonchev–Trinajstić information content (AvgIpc) is 3.02. The van der Waals surface area contributed by atoms with Crippen molar-refractivity contribution >= 4 is 17.2 Å². The van der Waals surface area contributed by atoms with E-state index >= 15 is 0 Å². The molecule has 6 heteroatoms. The first-order valence-electron chi connectivity index (χ1n) is 7.21. The lowest BCUT2D eigenvalue weighted by atomic mass is 10.0. The molecule has 4 heterocycles. The largest absolute Gasteiger partial charge is 0.378 e. The maximum absolute atomic E-state index is 6.22. The van der Waals surface area contributed by atoms with E-state index in [9.17, 15) is 0 Å². The van der Waals surface area contributed by atoms with Gasteiger partial charge in [-0.3, -0.25) is 0 Å². The Morgan fingerprint density at radius 2 is 2.23 bits per heavy atom. The molecule has 3 aromatic heterocycles. The molecule has 112 valence electrons. The lowest BCUT2D eigenvalue weighted by Crippen LogP contribution is -2.34. The molecule has 1 atom stereocenters. The smallest absolute Gasteiger partial charge is 0.137 e. The van der Waals surface area contributed by atoms with Crippen LogP contribution in [0.3, 0.4) is 0 Å². The van der Waals surface area contributed by atoms with Crippen LogP contribution in [0.5, 0.6) is 0 Å². The number of imidazole rings is 1. The van der Waals surface area contributed by atoms with Gasteiger partial charge >= 0.3 is 0 Å². The van der Waals surface area contributed by atoms with Gasteiger partial charge in [-0.15, -0.1) is 0 Å². The number of pyridine rings is 2. The molecular formula is C16H15ClN4O. The van der Waals surface area contributed by atoms with Crippen molar-refractivity contribution in [1.29, 1.82) is 0 Å². The summed E-state index contributed by atoms with van der Waals surface area (Å²) in [7, 11) is 0. The summed E-state index contributed by atoms with van der Waals surface area (Å²) in [6, 6.07) is 8.14. The van der Waals surface area contributed by atoms with Gasteiger partial charge in [-0.1, -0.05) is 11.6 Å². The van der Waals surface area contributed by atoms with Gasteiger partial charge in [0.15, 0.2) is 0 Å². The van der Waals surface area contributed by atoms with E-state index in [1.807, 2.05) is 35.0 Å². The summed E-state index contributed by atoms with van der Waals surface area (Å²) in [5.41, 5.74) is 3.83. The van der Waals surface area contributed by atoms with Crippen LogP contribution in [0.25, 0.3) is 16.9 Å². The number of ether oxygens (including phenoxy) is 1. The number of hydrogen-bond donors (Lipinski definition) is 1. The Bertz CT molecular complexity index is 811. The maximum atomic E-state index is 6.22. The van der Waals surface area contributed by atoms with E-state index in [1.54, 1.807) is 6.20 Å². The second-order valence-corrected chi connectivity index (χ2v) is 5.69. The number of aromatic nitrogens is 3. The molecule has 1 saturated heterocycles. The van der Waals surface area contributed by atoms with Gasteiger partial charge in [0.05, 0.1) is 24.9 Å². The van der Waals surface area contributed by atoms with Gasteiger partial charge in [0, 0.05) is 30.7 Å². The first-order valence-corrected chi connectivity index (χ1v) is 7.59. The fourth-order valence-electron chi connectivity index (χ4n) is 2.71. The van der Waals surface area contributed by atoms with Crippen molar-refractivity contribution in [2.24, 2.45) is 0 Å². The molecule has 0 aromatic carbocycles. The summed E-state index contributed by atoms with van der Waals surface area (Å²) in [6.07, 6.45) is 5.67. The summed E-state index contributed by atoms with van der Waals surface area (Å²) in [6.45, 7) is 2.25. The minimum atomic E-state index is 0.156. The van der Waals surface area contributed by atoms with Crippen molar-refractivity contribution in [3.8, 4) is 11.3 Å². The molecule has 3 aromatic rings. The lowest BCUT2D eigenvalue weighted by Gasteiger charge is -2.24. The van der Waals surface area contributed by atoms with Crippen LogP contribution in [0.1, 0.15) is 11.6 Å². The fraction of sp³-hybridized carbons (Fsp3) is 0.250. The van der Waals surface area contributed by atoms with Gasteiger partial charge in [0.1, 0.15) is 10.8 Å². The van der Waals surface area contributed by atoms with Crippen molar-refractivity contribution in [2.75, 3.05) is 19.8 Å². The molecule has 1 N–H and O–H groups in total. The molecule has 1 aliphatic rings. The van der Waals surface area contributed by atoms with Crippen LogP contribution in [0.4, 0.5) is 0 Å². The molecule has 5 nitrogen and oxygen atoms in total. The highest BCUT2D eigenvalue weighted by Crippen LogP contribution is 2.26. The van der Waals surface area contributed by atoms with Gasteiger partial charge in [-0.2, -0.15) is 0 Å². The van der Waals surface area contributed by atoms with E-state index in [-0.39, 0.29) is 6.04 Å². The Labute approximate surface area is 132 Å². The highest BCUT2D eigenvalue weighted by molar-refractivity contribution is 6.29. The second-order valence-electron chi connectivity index (χ2n) is 5.30. The number of nitrogens with zero attached hydrogens (tertiary/aromatic N) is 3. The van der Waals surface area contributed by atoms with Crippen molar-refractivity contribution in [1.82, 2.24) is 19.7 Å². The number of morpholine rings is 1. The van der Waals surface area contributed by atoms with Gasteiger partial charge < -0.3 is 14.5 Å². The molecule has 0 spiro atoms. The predicted octanol–water partition coefficient (Wildman–Crippen LogP) is 2.71. The van der Waals surface area contributed by atoms with Gasteiger partial charge in [-0.05, 0) is 29.8 Å². The first kappa shape index (κ1) is 13.7. The quantitative estimate of drug-likeness (QED) is 0.739. The van der Waals surface area contributed by atoms with Crippen LogP contribution in [0.15, 0.2) is 42.9 Å². The van der Waals surface area contributed by atoms with Gasteiger partial charge in [-0.25, -0.2) is 9.97 Å². The molecule has 0 radical (unpaired) electrons. The number of nitrogens with one attached hydrogen (secondary N) is 1. The maximum Gasteiger partial charge on any atom is 0.137 e. The SMILES string of the molecule is Clc1cc(C2COCCN2)cc(-c2ccn3ccnc3c2)n1. The summed E-state index contributed by atoms with van der Waals surface area (Å²) >= 11 is 6.22. The highest BCUT2D eigenvalue weighted by atomic mass is 35.5. The molecule has 0 saturated carbocycles. The van der Waals surface area contributed by atoms with Crippen molar-refractivity contribution < 1.29 is 4.74 Å². The molecule has 1 aliphatic heterocycles. The molecule has 22 heavy (non-hydrogen) atoms. The first-order chi connectivity index (χ1) is 10.8. The number of halogens is 1. The molecular weight excluding hydrogens is 300 g/mol. The van der Waals surface area contributed by atoms with E-state index < -0.39 is 0 Å². The Morgan fingerprint density at radius 1 is 1.27 bits per heavy atom. The Hall–Kier alpha value is -1.95. The van der Waals surface area contributed by atoms with Crippen LogP contribution < -0.4 is 5.32 Å². The Kier molecular flexibility index (Phi) is 3.54. The third kappa shape index (κ3) is 2.59. The topological polar surface area (TPSA) is 51.5 Å². The number of fused-ring (bicyclic) bond motifs is 1. The standard InChI is InChI=1S/C16H15ClN4O/c17-15-8-12(14-10-22-6-3-18-14)7-13(20-15)11-1-4-21-5-2-19-16(21)9-11/h1-2,4-5,7-9,14,18H,3,6,10H2. The lowest BCUT2D eigenvalue weighted by molar-refractivity contribution is 0.0769. The Balaban J connectivity index is 1.75. The van der Waals surface area contributed by atoms with Gasteiger partial charge in [0.25, 0.3) is 0 Å². The Morgan fingerprint density at radius 3 is 3.09 bits per heavy atom. The molecule has 0 amide bonds. The molecule has 0 aliphatic carbocycles. The number of rotatable bonds is 2. The molecule has 0 bridgehead atoms. The van der Waals surface area contributed by atoms with Crippen LogP contribution in [-0.4, -0.2) is 34.1 Å². The molecule has 4 rings (SSSR count). The van der Waals surface area contributed by atoms with Gasteiger partial charge in [0.2, 0.25) is 0 Å². The number of hydrogen-bond acceptors (Lipinski definition) is 4. The minimum Gasteiger partial charge on any atom is -0.378 e. The zero-order chi connectivity index (χ0) is 14.9. The third-order valence-corrected chi connectivity index (χ3v) is 4.03. The predicted molar refractivity (Wildman–Crippen MR) is 85.0 cm³/mol. The van der Waals surface area contributed by atoms with E-state index in [1.165, 1.54) is 0 Å².